The molecule has 2 heterocycles. The molecule has 1 aliphatic heterocycles. The molecule has 0 saturated carbocycles. The lowest BCUT2D eigenvalue weighted by molar-refractivity contribution is 0.0789. The van der Waals surface area contributed by atoms with Crippen LogP contribution in [-0.4, -0.2) is 34.0 Å². The summed E-state index contributed by atoms with van der Waals surface area (Å²) in [6, 6.07) is 17.2. The highest BCUT2D eigenvalue weighted by Gasteiger charge is 2.31. The highest BCUT2D eigenvalue weighted by atomic mass is 79.9. The lowest BCUT2D eigenvalue weighted by atomic mass is 10.1. The molecule has 0 N–H and O–H groups in total. The van der Waals surface area contributed by atoms with Crippen molar-refractivity contribution < 1.29 is 9.32 Å². The molecule has 1 aliphatic rings. The third-order valence-corrected chi connectivity index (χ3v) is 5.10. The van der Waals surface area contributed by atoms with Crippen molar-refractivity contribution >= 4 is 21.8 Å². The van der Waals surface area contributed by atoms with Gasteiger partial charge < -0.3 is 9.42 Å². The van der Waals surface area contributed by atoms with Crippen molar-refractivity contribution in [3.05, 3.63) is 70.5 Å². The molecule has 1 atom stereocenters. The monoisotopic (exact) mass is 397 g/mol. The molecule has 1 aromatic heterocycles. The maximum Gasteiger partial charge on any atom is 0.257 e. The van der Waals surface area contributed by atoms with Crippen LogP contribution in [0.5, 0.6) is 0 Å². The summed E-state index contributed by atoms with van der Waals surface area (Å²) >= 11 is 3.45. The van der Waals surface area contributed by atoms with Gasteiger partial charge in [-0.15, -0.1) is 0 Å². The second-order valence-corrected chi connectivity index (χ2v) is 6.89. The number of benzene rings is 2. The Morgan fingerprint density at radius 1 is 1.12 bits per heavy atom. The van der Waals surface area contributed by atoms with E-state index in [1.807, 2.05) is 59.5 Å². The van der Waals surface area contributed by atoms with E-state index in [4.69, 9.17) is 4.52 Å². The molecular formula is C19H16BrN3O2. The number of rotatable bonds is 3. The van der Waals surface area contributed by atoms with Crippen molar-refractivity contribution in [2.75, 3.05) is 13.1 Å². The van der Waals surface area contributed by atoms with E-state index in [0.29, 0.717) is 30.4 Å². The molecule has 0 spiro atoms. The molecule has 0 bridgehead atoms. The standard InChI is InChI=1S/C19H16BrN3O2/c20-16-9-5-4-8-15(16)19(24)23-11-10-14(12-23)17-21-18(25-22-17)13-6-2-1-3-7-13/h1-9,14H,10-12H2. The maximum atomic E-state index is 12.7. The van der Waals surface area contributed by atoms with Crippen LogP contribution in [0, 0.1) is 0 Å². The predicted octanol–water partition coefficient (Wildman–Crippen LogP) is 4.13. The highest BCUT2D eigenvalue weighted by Crippen LogP contribution is 2.29. The quantitative estimate of drug-likeness (QED) is 0.666. The van der Waals surface area contributed by atoms with Crippen LogP contribution in [0.1, 0.15) is 28.5 Å². The number of likely N-dealkylation sites (tertiary alicyclic amines) is 1. The fourth-order valence-corrected chi connectivity index (χ4v) is 3.51. The van der Waals surface area contributed by atoms with E-state index in [1.54, 1.807) is 0 Å². The summed E-state index contributed by atoms with van der Waals surface area (Å²) in [7, 11) is 0. The van der Waals surface area contributed by atoms with E-state index in [-0.39, 0.29) is 11.8 Å². The lowest BCUT2D eigenvalue weighted by Gasteiger charge is -2.16. The molecule has 0 radical (unpaired) electrons. The first-order chi connectivity index (χ1) is 12.2. The molecule has 4 rings (SSSR count). The van der Waals surface area contributed by atoms with Crippen molar-refractivity contribution in [2.45, 2.75) is 12.3 Å². The van der Waals surface area contributed by atoms with Crippen LogP contribution in [-0.2, 0) is 0 Å². The fourth-order valence-electron chi connectivity index (χ4n) is 3.06. The molecule has 5 nitrogen and oxygen atoms in total. The number of nitrogens with zero attached hydrogens (tertiary/aromatic N) is 3. The molecule has 2 aromatic carbocycles. The van der Waals surface area contributed by atoms with Gasteiger partial charge in [-0.3, -0.25) is 4.79 Å². The molecule has 1 unspecified atom stereocenters. The predicted molar refractivity (Wildman–Crippen MR) is 97.1 cm³/mol. The van der Waals surface area contributed by atoms with Crippen LogP contribution >= 0.6 is 15.9 Å². The zero-order chi connectivity index (χ0) is 17.2. The summed E-state index contributed by atoms with van der Waals surface area (Å²) in [6.07, 6.45) is 0.837. The maximum absolute atomic E-state index is 12.7. The number of aromatic nitrogens is 2. The van der Waals surface area contributed by atoms with E-state index in [9.17, 15) is 4.79 Å². The number of halogens is 1. The second kappa shape index (κ2) is 6.80. The zero-order valence-electron chi connectivity index (χ0n) is 13.4. The van der Waals surface area contributed by atoms with Crippen molar-refractivity contribution in [3.63, 3.8) is 0 Å². The SMILES string of the molecule is O=C(c1ccccc1Br)N1CCC(c2noc(-c3ccccc3)n2)C1. The second-order valence-electron chi connectivity index (χ2n) is 6.04. The van der Waals surface area contributed by atoms with Crippen LogP contribution in [0.4, 0.5) is 0 Å². The minimum atomic E-state index is 0.0294. The van der Waals surface area contributed by atoms with Gasteiger partial charge in [0.25, 0.3) is 11.8 Å². The number of carbonyl (C=O) groups is 1. The summed E-state index contributed by atoms with van der Waals surface area (Å²) in [5, 5.41) is 4.13. The minimum Gasteiger partial charge on any atom is -0.338 e. The molecule has 3 aromatic rings. The van der Waals surface area contributed by atoms with E-state index < -0.39 is 0 Å². The molecular weight excluding hydrogens is 382 g/mol. The molecule has 1 fully saturated rings. The summed E-state index contributed by atoms with van der Waals surface area (Å²) in [6.45, 7) is 1.30. The topological polar surface area (TPSA) is 59.2 Å². The average Bonchev–Trinajstić information content (AvgIpc) is 3.32. The van der Waals surface area contributed by atoms with Gasteiger partial charge in [0.2, 0.25) is 0 Å². The van der Waals surface area contributed by atoms with Crippen molar-refractivity contribution in [1.29, 1.82) is 0 Å². The first-order valence-corrected chi connectivity index (χ1v) is 8.94. The van der Waals surface area contributed by atoms with Crippen LogP contribution in [0.15, 0.2) is 63.6 Å². The minimum absolute atomic E-state index is 0.0294. The Bertz CT molecular complexity index is 894. The fraction of sp³-hybridized carbons (Fsp3) is 0.211. The molecule has 25 heavy (non-hydrogen) atoms. The van der Waals surface area contributed by atoms with Gasteiger partial charge in [-0.1, -0.05) is 35.5 Å². The Morgan fingerprint density at radius 2 is 1.88 bits per heavy atom. The summed E-state index contributed by atoms with van der Waals surface area (Å²) < 4.78 is 6.20. The first kappa shape index (κ1) is 16.0. The van der Waals surface area contributed by atoms with E-state index >= 15 is 0 Å². The van der Waals surface area contributed by atoms with Gasteiger partial charge in [-0.05, 0) is 46.6 Å². The number of carbonyl (C=O) groups excluding carboxylic acids is 1. The Balaban J connectivity index is 1.49. The van der Waals surface area contributed by atoms with Gasteiger partial charge in [0.1, 0.15) is 0 Å². The van der Waals surface area contributed by atoms with Crippen molar-refractivity contribution in [3.8, 4) is 11.5 Å². The average molecular weight is 398 g/mol. The van der Waals surface area contributed by atoms with E-state index in [2.05, 4.69) is 26.1 Å². The molecule has 126 valence electrons. The Hall–Kier alpha value is -2.47. The van der Waals surface area contributed by atoms with Crippen LogP contribution in [0.3, 0.4) is 0 Å². The number of hydrogen-bond acceptors (Lipinski definition) is 4. The normalized spacial score (nSPS) is 17.0. The van der Waals surface area contributed by atoms with Crippen molar-refractivity contribution in [1.82, 2.24) is 15.0 Å². The third-order valence-electron chi connectivity index (χ3n) is 4.41. The number of amides is 1. The largest absolute Gasteiger partial charge is 0.338 e. The van der Waals surface area contributed by atoms with E-state index in [0.717, 1.165) is 16.5 Å². The van der Waals surface area contributed by atoms with Gasteiger partial charge in [0, 0.05) is 29.0 Å². The van der Waals surface area contributed by atoms with Crippen molar-refractivity contribution in [2.24, 2.45) is 0 Å². The van der Waals surface area contributed by atoms with Crippen LogP contribution in [0.2, 0.25) is 0 Å². The first-order valence-electron chi connectivity index (χ1n) is 8.15. The molecule has 6 heteroatoms. The van der Waals surface area contributed by atoms with Gasteiger partial charge in [0.15, 0.2) is 5.82 Å². The molecule has 1 saturated heterocycles. The highest BCUT2D eigenvalue weighted by molar-refractivity contribution is 9.10. The van der Waals surface area contributed by atoms with Crippen LogP contribution in [0.25, 0.3) is 11.5 Å². The number of hydrogen-bond donors (Lipinski definition) is 0. The zero-order valence-corrected chi connectivity index (χ0v) is 15.0. The van der Waals surface area contributed by atoms with Gasteiger partial charge >= 0.3 is 0 Å². The third kappa shape index (κ3) is 3.22. The van der Waals surface area contributed by atoms with Crippen LogP contribution < -0.4 is 0 Å². The van der Waals surface area contributed by atoms with Gasteiger partial charge in [-0.25, -0.2) is 0 Å². The van der Waals surface area contributed by atoms with Gasteiger partial charge in [-0.2, -0.15) is 4.98 Å². The lowest BCUT2D eigenvalue weighted by Crippen LogP contribution is -2.28. The molecule has 1 amide bonds. The smallest absolute Gasteiger partial charge is 0.257 e. The summed E-state index contributed by atoms with van der Waals surface area (Å²) in [5.74, 6) is 1.32. The van der Waals surface area contributed by atoms with Gasteiger partial charge in [0.05, 0.1) is 5.56 Å². The van der Waals surface area contributed by atoms with E-state index in [1.165, 1.54) is 0 Å². The summed E-state index contributed by atoms with van der Waals surface area (Å²) in [5.41, 5.74) is 1.58. The Morgan fingerprint density at radius 3 is 2.68 bits per heavy atom. The molecule has 0 aliphatic carbocycles. The Labute approximate surface area is 153 Å². The summed E-state index contributed by atoms with van der Waals surface area (Å²) in [4.78, 5) is 19.1. The Kier molecular flexibility index (Phi) is 4.36.